The van der Waals surface area contributed by atoms with Crippen LogP contribution in [0.15, 0.2) is 60.7 Å². The van der Waals surface area contributed by atoms with E-state index >= 15 is 0 Å². The molecule has 0 aromatic heterocycles. The molecule has 0 aliphatic heterocycles. The lowest BCUT2D eigenvalue weighted by atomic mass is 10.2. The highest BCUT2D eigenvalue weighted by Gasteiger charge is 1.97. The first-order chi connectivity index (χ1) is 11.4. The van der Waals surface area contributed by atoms with Crippen LogP contribution in [0.1, 0.15) is 27.6 Å². The number of carbonyl (C=O) groups is 2. The number of carboxylic acids is 2. The molecule has 2 aromatic rings. The lowest BCUT2D eigenvalue weighted by Crippen LogP contribution is -2.04. The zero-order valence-corrected chi connectivity index (χ0v) is 13.4. The molecular weight excluding hydrogens is 312 g/mol. The highest BCUT2D eigenvalue weighted by atomic mass is 16.4. The van der Waals surface area contributed by atoms with E-state index in [4.69, 9.17) is 20.4 Å². The van der Waals surface area contributed by atoms with Crippen LogP contribution in [0.3, 0.4) is 0 Å². The van der Waals surface area contributed by atoms with E-state index in [-0.39, 0.29) is 19.1 Å². The maximum Gasteiger partial charge on any atom is 0.335 e. The molecule has 4 N–H and O–H groups in total. The van der Waals surface area contributed by atoms with E-state index in [1.165, 1.54) is 0 Å². The molecule has 6 heteroatoms. The van der Waals surface area contributed by atoms with Gasteiger partial charge in [-0.15, -0.1) is 0 Å². The Bertz CT molecular complexity index is 529. The molecule has 0 saturated carbocycles. The summed E-state index contributed by atoms with van der Waals surface area (Å²) in [5.41, 5.74) is 0.662. The number of aliphatic hydroxyl groups is 2. The van der Waals surface area contributed by atoms with Gasteiger partial charge in [-0.2, -0.15) is 0 Å². The normalized spacial score (nSPS) is 9.17. The fourth-order valence-corrected chi connectivity index (χ4v) is 1.22. The molecule has 2 rings (SSSR count). The summed E-state index contributed by atoms with van der Waals surface area (Å²) in [5, 5.41) is 33.1. The number of rotatable bonds is 4. The highest BCUT2D eigenvalue weighted by Crippen LogP contribution is 1.96. The third kappa shape index (κ3) is 10.1. The molecular formula is C18H22O6. The Morgan fingerprint density at radius 1 is 0.750 bits per heavy atom. The van der Waals surface area contributed by atoms with Crippen LogP contribution in [0.2, 0.25) is 0 Å². The van der Waals surface area contributed by atoms with Crippen LogP contribution in [0.5, 0.6) is 0 Å². The van der Waals surface area contributed by atoms with Gasteiger partial charge in [-0.1, -0.05) is 43.3 Å². The van der Waals surface area contributed by atoms with Gasteiger partial charge in [0.2, 0.25) is 0 Å². The maximum atomic E-state index is 10.2. The molecule has 0 amide bonds. The summed E-state index contributed by atoms with van der Waals surface area (Å²) in [7, 11) is 0. The van der Waals surface area contributed by atoms with Crippen molar-refractivity contribution in [3.8, 4) is 0 Å². The summed E-state index contributed by atoms with van der Waals surface area (Å²) in [4.78, 5) is 20.4. The van der Waals surface area contributed by atoms with Crippen molar-refractivity contribution in [2.75, 3.05) is 13.2 Å². The predicted octanol–water partition coefficient (Wildman–Crippen LogP) is 2.38. The molecule has 0 atom stereocenters. The Hall–Kier alpha value is -2.70. The number of hydrogen-bond acceptors (Lipinski definition) is 4. The monoisotopic (exact) mass is 334 g/mol. The van der Waals surface area contributed by atoms with E-state index in [1.54, 1.807) is 67.6 Å². The van der Waals surface area contributed by atoms with Crippen molar-refractivity contribution in [2.45, 2.75) is 6.92 Å². The van der Waals surface area contributed by atoms with Gasteiger partial charge < -0.3 is 20.4 Å². The molecule has 2 aromatic carbocycles. The van der Waals surface area contributed by atoms with Crippen molar-refractivity contribution in [1.82, 2.24) is 0 Å². The van der Waals surface area contributed by atoms with Crippen LogP contribution in [0.25, 0.3) is 0 Å². The number of hydrogen-bond donors (Lipinski definition) is 4. The minimum atomic E-state index is -0.879. The standard InChI is InChI=1S/2C7H6O2.C4H10O2/c2*8-7(9)6-4-2-1-3-5-6;1-4(2-5)3-6/h2*1-5H,(H,8,9);4-6H,2-3H2,1H3. The first-order valence-electron chi connectivity index (χ1n) is 7.20. The van der Waals surface area contributed by atoms with Crippen LogP contribution < -0.4 is 0 Å². The lowest BCUT2D eigenvalue weighted by molar-refractivity contribution is 0.0686. The Balaban J connectivity index is 0.000000340. The smallest absolute Gasteiger partial charge is 0.335 e. The van der Waals surface area contributed by atoms with Crippen LogP contribution in [0, 0.1) is 5.92 Å². The second-order valence-electron chi connectivity index (χ2n) is 4.81. The van der Waals surface area contributed by atoms with E-state index in [0.29, 0.717) is 11.1 Å². The number of carboxylic acid groups (broad SMARTS) is 2. The summed E-state index contributed by atoms with van der Waals surface area (Å²) in [6.45, 7) is 1.94. The highest BCUT2D eigenvalue weighted by molar-refractivity contribution is 5.87. The molecule has 130 valence electrons. The Morgan fingerprint density at radius 3 is 1.17 bits per heavy atom. The van der Waals surface area contributed by atoms with E-state index < -0.39 is 11.9 Å². The average molecular weight is 334 g/mol. The summed E-state index contributed by atoms with van der Waals surface area (Å²) in [6.07, 6.45) is 0. The first kappa shape index (κ1) is 21.3. The minimum absolute atomic E-state index is 0.0463. The van der Waals surface area contributed by atoms with Gasteiger partial charge >= 0.3 is 11.9 Å². The Kier molecular flexibility index (Phi) is 11.4. The van der Waals surface area contributed by atoms with Crippen molar-refractivity contribution < 1.29 is 30.0 Å². The van der Waals surface area contributed by atoms with Crippen molar-refractivity contribution in [1.29, 1.82) is 0 Å². The summed E-state index contributed by atoms with van der Waals surface area (Å²) in [6, 6.07) is 16.6. The Morgan fingerprint density at radius 2 is 1.04 bits per heavy atom. The topological polar surface area (TPSA) is 115 Å². The van der Waals surface area contributed by atoms with Gasteiger partial charge in [0.15, 0.2) is 0 Å². The molecule has 0 aliphatic rings. The van der Waals surface area contributed by atoms with E-state index in [2.05, 4.69) is 0 Å². The van der Waals surface area contributed by atoms with Gasteiger partial charge in [0.05, 0.1) is 11.1 Å². The van der Waals surface area contributed by atoms with Gasteiger partial charge in [0.1, 0.15) is 0 Å². The molecule has 24 heavy (non-hydrogen) atoms. The second-order valence-corrected chi connectivity index (χ2v) is 4.81. The van der Waals surface area contributed by atoms with Crippen LogP contribution in [-0.2, 0) is 0 Å². The molecule has 0 aliphatic carbocycles. The maximum absolute atomic E-state index is 10.2. The molecule has 0 bridgehead atoms. The number of aromatic carboxylic acids is 2. The van der Waals surface area contributed by atoms with Gasteiger partial charge in [-0.25, -0.2) is 9.59 Å². The quantitative estimate of drug-likeness (QED) is 0.682. The third-order valence-corrected chi connectivity index (χ3v) is 2.66. The van der Waals surface area contributed by atoms with Crippen LogP contribution in [0.4, 0.5) is 0 Å². The zero-order chi connectivity index (χ0) is 18.4. The third-order valence-electron chi connectivity index (χ3n) is 2.66. The summed E-state index contributed by atoms with van der Waals surface area (Å²) in [5.74, 6) is -1.71. The van der Waals surface area contributed by atoms with Gasteiger partial charge in [-0.05, 0) is 24.3 Å². The van der Waals surface area contributed by atoms with E-state index in [9.17, 15) is 9.59 Å². The van der Waals surface area contributed by atoms with E-state index in [0.717, 1.165) is 0 Å². The van der Waals surface area contributed by atoms with Crippen molar-refractivity contribution >= 4 is 11.9 Å². The largest absolute Gasteiger partial charge is 0.478 e. The molecule has 0 radical (unpaired) electrons. The van der Waals surface area contributed by atoms with Gasteiger partial charge in [0, 0.05) is 19.1 Å². The lowest BCUT2D eigenvalue weighted by Gasteiger charge is -1.97. The molecule has 0 unspecified atom stereocenters. The van der Waals surface area contributed by atoms with Crippen molar-refractivity contribution in [3.63, 3.8) is 0 Å². The minimum Gasteiger partial charge on any atom is -0.478 e. The predicted molar refractivity (Wildman–Crippen MR) is 90.1 cm³/mol. The van der Waals surface area contributed by atoms with Gasteiger partial charge in [-0.3, -0.25) is 0 Å². The average Bonchev–Trinajstić information content (AvgIpc) is 2.63. The van der Waals surface area contributed by atoms with Crippen LogP contribution >= 0.6 is 0 Å². The van der Waals surface area contributed by atoms with Crippen LogP contribution in [-0.4, -0.2) is 45.6 Å². The van der Waals surface area contributed by atoms with Gasteiger partial charge in [0.25, 0.3) is 0 Å². The fourth-order valence-electron chi connectivity index (χ4n) is 1.22. The second kappa shape index (κ2) is 12.8. The fraction of sp³-hybridized carbons (Fsp3) is 0.222. The van der Waals surface area contributed by atoms with Crippen molar-refractivity contribution in [2.24, 2.45) is 5.92 Å². The molecule has 0 fully saturated rings. The summed E-state index contributed by atoms with van der Waals surface area (Å²) >= 11 is 0. The SMILES string of the molecule is CC(CO)CO.O=C(O)c1ccccc1.O=C(O)c1ccccc1. The molecule has 0 saturated heterocycles. The number of benzene rings is 2. The zero-order valence-electron chi connectivity index (χ0n) is 13.4. The molecule has 0 heterocycles. The van der Waals surface area contributed by atoms with Crippen molar-refractivity contribution in [3.05, 3.63) is 71.8 Å². The number of aliphatic hydroxyl groups excluding tert-OH is 2. The molecule has 6 nitrogen and oxygen atoms in total. The summed E-state index contributed by atoms with van der Waals surface area (Å²) < 4.78 is 0. The van der Waals surface area contributed by atoms with E-state index in [1.807, 2.05) is 0 Å². The Labute approximate surface area is 140 Å². The molecule has 0 spiro atoms. The first-order valence-corrected chi connectivity index (χ1v) is 7.20.